The number of imidazole rings is 1. The monoisotopic (exact) mass is 298 g/mol. The quantitative estimate of drug-likeness (QED) is 0.791. The minimum Gasteiger partial charge on any atom is -0.333 e. The van der Waals surface area contributed by atoms with Gasteiger partial charge in [-0.15, -0.1) is 0 Å². The van der Waals surface area contributed by atoms with Crippen molar-refractivity contribution in [3.63, 3.8) is 0 Å². The van der Waals surface area contributed by atoms with Gasteiger partial charge >= 0.3 is 0 Å². The van der Waals surface area contributed by atoms with Crippen LogP contribution in [0.15, 0.2) is 36.4 Å². The molecule has 1 aromatic carbocycles. The molecule has 21 heavy (non-hydrogen) atoms. The fraction of sp³-hybridized carbons (Fsp3) is 0.389. The van der Waals surface area contributed by atoms with Gasteiger partial charge < -0.3 is 4.57 Å². The first-order chi connectivity index (χ1) is 10.2. The number of benzene rings is 1. The van der Waals surface area contributed by atoms with Gasteiger partial charge in [0.2, 0.25) is 0 Å². The van der Waals surface area contributed by atoms with Crippen molar-refractivity contribution in [3.8, 4) is 0 Å². The molecule has 1 heterocycles. The van der Waals surface area contributed by atoms with Crippen LogP contribution >= 0.6 is 11.6 Å². The third kappa shape index (κ3) is 2.13. The highest BCUT2D eigenvalue weighted by molar-refractivity contribution is 6.31. The van der Waals surface area contributed by atoms with E-state index in [9.17, 15) is 0 Å². The average molecular weight is 299 g/mol. The molecule has 1 aromatic heterocycles. The zero-order chi connectivity index (χ0) is 14.4. The molecule has 0 amide bonds. The van der Waals surface area contributed by atoms with E-state index in [2.05, 4.69) is 34.7 Å². The van der Waals surface area contributed by atoms with E-state index in [0.29, 0.717) is 0 Å². The van der Waals surface area contributed by atoms with E-state index < -0.39 is 0 Å². The highest BCUT2D eigenvalue weighted by atomic mass is 35.5. The lowest BCUT2D eigenvalue weighted by atomic mass is 9.64. The van der Waals surface area contributed by atoms with Gasteiger partial charge in [0.15, 0.2) is 0 Å². The summed E-state index contributed by atoms with van der Waals surface area (Å²) in [6, 6.07) is 4.26. The fourth-order valence-corrected chi connectivity index (χ4v) is 4.42. The van der Waals surface area contributed by atoms with Crippen molar-refractivity contribution in [2.45, 2.75) is 44.6 Å². The van der Waals surface area contributed by atoms with E-state index in [1.807, 2.05) is 18.7 Å². The lowest BCUT2D eigenvalue weighted by molar-refractivity contribution is 0.380. The number of rotatable bonds is 2. The summed E-state index contributed by atoms with van der Waals surface area (Å²) < 4.78 is 2.15. The lowest BCUT2D eigenvalue weighted by Crippen LogP contribution is -2.32. The molecule has 0 aliphatic heterocycles. The minimum absolute atomic E-state index is 0.248. The van der Waals surface area contributed by atoms with E-state index in [1.165, 1.54) is 35.1 Å². The Balaban J connectivity index is 1.81. The van der Waals surface area contributed by atoms with Crippen LogP contribution in [0.3, 0.4) is 0 Å². The molecule has 2 aliphatic carbocycles. The van der Waals surface area contributed by atoms with E-state index in [-0.39, 0.29) is 5.41 Å². The van der Waals surface area contributed by atoms with E-state index in [0.717, 1.165) is 24.4 Å². The second-order valence-corrected chi connectivity index (χ2v) is 7.03. The van der Waals surface area contributed by atoms with Gasteiger partial charge in [-0.1, -0.05) is 30.7 Å². The van der Waals surface area contributed by atoms with Crippen LogP contribution in [0.5, 0.6) is 0 Å². The Hall–Kier alpha value is -1.54. The van der Waals surface area contributed by atoms with Gasteiger partial charge in [-0.05, 0) is 59.4 Å². The zero-order valence-corrected chi connectivity index (χ0v) is 13.0. The Morgan fingerprint density at radius 2 is 2.29 bits per heavy atom. The Morgan fingerprint density at radius 1 is 1.38 bits per heavy atom. The molecule has 0 radical (unpaired) electrons. The first-order valence-electron chi connectivity index (χ1n) is 7.63. The van der Waals surface area contributed by atoms with Crippen LogP contribution < -0.4 is 0 Å². The predicted octanol–water partition coefficient (Wildman–Crippen LogP) is 4.62. The molecule has 4 rings (SSSR count). The SMILES string of the molecule is CC12CCCc3c(Cl)ccc(c31)C=C(Cn1ccnc1)C2. The third-order valence-electron chi connectivity index (χ3n) is 4.97. The molecular formula is C18H19ClN2. The Morgan fingerprint density at radius 3 is 3.10 bits per heavy atom. The van der Waals surface area contributed by atoms with E-state index >= 15 is 0 Å². The molecule has 1 atom stereocenters. The number of nitrogens with zero attached hydrogens (tertiary/aromatic N) is 2. The summed E-state index contributed by atoms with van der Waals surface area (Å²) >= 11 is 6.44. The van der Waals surface area contributed by atoms with Crippen molar-refractivity contribution in [1.82, 2.24) is 9.55 Å². The second-order valence-electron chi connectivity index (χ2n) is 6.62. The van der Waals surface area contributed by atoms with E-state index in [1.54, 1.807) is 0 Å². The van der Waals surface area contributed by atoms with Gasteiger partial charge in [-0.3, -0.25) is 0 Å². The van der Waals surface area contributed by atoms with E-state index in [4.69, 9.17) is 11.6 Å². The molecule has 0 saturated heterocycles. The van der Waals surface area contributed by atoms with Crippen molar-refractivity contribution in [3.05, 3.63) is 58.1 Å². The summed E-state index contributed by atoms with van der Waals surface area (Å²) in [7, 11) is 0. The van der Waals surface area contributed by atoms with Crippen LogP contribution in [0.1, 0.15) is 42.9 Å². The highest BCUT2D eigenvalue weighted by Gasteiger charge is 2.37. The average Bonchev–Trinajstić information content (AvgIpc) is 2.94. The fourth-order valence-electron chi connectivity index (χ4n) is 4.16. The van der Waals surface area contributed by atoms with Gasteiger partial charge in [0, 0.05) is 24.0 Å². The summed E-state index contributed by atoms with van der Waals surface area (Å²) in [4.78, 5) is 4.14. The molecule has 108 valence electrons. The van der Waals surface area contributed by atoms with Crippen molar-refractivity contribution in [2.24, 2.45) is 0 Å². The van der Waals surface area contributed by atoms with Gasteiger partial charge in [0.25, 0.3) is 0 Å². The summed E-state index contributed by atoms with van der Waals surface area (Å²) in [6.45, 7) is 3.35. The van der Waals surface area contributed by atoms with Gasteiger partial charge in [-0.2, -0.15) is 0 Å². The summed E-state index contributed by atoms with van der Waals surface area (Å²) in [5, 5.41) is 0.950. The van der Waals surface area contributed by atoms with Crippen LogP contribution in [0.25, 0.3) is 6.08 Å². The molecule has 2 aliphatic rings. The maximum Gasteiger partial charge on any atom is 0.0948 e. The molecule has 0 N–H and O–H groups in total. The molecular weight excluding hydrogens is 280 g/mol. The molecule has 3 heteroatoms. The van der Waals surface area contributed by atoms with Crippen LogP contribution in [0.2, 0.25) is 5.02 Å². The van der Waals surface area contributed by atoms with Crippen molar-refractivity contribution in [1.29, 1.82) is 0 Å². The normalized spacial score (nSPS) is 23.6. The van der Waals surface area contributed by atoms with Crippen molar-refractivity contribution in [2.75, 3.05) is 0 Å². The molecule has 1 unspecified atom stereocenters. The van der Waals surface area contributed by atoms with Crippen LogP contribution in [-0.2, 0) is 18.4 Å². The predicted molar refractivity (Wildman–Crippen MR) is 86.6 cm³/mol. The summed E-state index contributed by atoms with van der Waals surface area (Å²) in [6.07, 6.45) is 12.9. The number of halogens is 1. The minimum atomic E-state index is 0.248. The molecule has 0 saturated carbocycles. The van der Waals surface area contributed by atoms with Crippen LogP contribution in [-0.4, -0.2) is 9.55 Å². The summed E-state index contributed by atoms with van der Waals surface area (Å²) in [5.74, 6) is 0. The van der Waals surface area contributed by atoms with Gasteiger partial charge in [0.05, 0.1) is 6.33 Å². The number of aromatic nitrogens is 2. The number of allylic oxidation sites excluding steroid dienone is 1. The molecule has 2 nitrogen and oxygen atoms in total. The second kappa shape index (κ2) is 4.74. The molecule has 0 spiro atoms. The van der Waals surface area contributed by atoms with Crippen LogP contribution in [0, 0.1) is 0 Å². The zero-order valence-electron chi connectivity index (χ0n) is 12.3. The Labute approximate surface area is 130 Å². The number of hydrogen-bond donors (Lipinski definition) is 0. The van der Waals surface area contributed by atoms with Crippen molar-refractivity contribution < 1.29 is 0 Å². The molecule has 2 aromatic rings. The standard InChI is InChI=1S/C18H19ClN2/c1-18-6-2-3-15-16(19)5-4-14(17(15)18)9-13(10-18)11-21-8-7-20-12-21/h4-5,7-9,12H,2-3,6,10-11H2,1H3. The maximum absolute atomic E-state index is 6.44. The molecule has 0 fully saturated rings. The Bertz CT molecular complexity index is 715. The van der Waals surface area contributed by atoms with Gasteiger partial charge in [0.1, 0.15) is 0 Å². The maximum atomic E-state index is 6.44. The van der Waals surface area contributed by atoms with Crippen LogP contribution in [0.4, 0.5) is 0 Å². The molecule has 0 bridgehead atoms. The first-order valence-corrected chi connectivity index (χ1v) is 8.01. The van der Waals surface area contributed by atoms with Crippen molar-refractivity contribution >= 4 is 17.7 Å². The Kier molecular flexibility index (Phi) is 2.97. The largest absolute Gasteiger partial charge is 0.333 e. The summed E-state index contributed by atoms with van der Waals surface area (Å²) in [5.41, 5.74) is 6.01. The van der Waals surface area contributed by atoms with Gasteiger partial charge in [-0.25, -0.2) is 4.98 Å². The lowest BCUT2D eigenvalue weighted by Gasteiger charge is -2.41. The third-order valence-corrected chi connectivity index (χ3v) is 5.32. The number of hydrogen-bond acceptors (Lipinski definition) is 1. The first kappa shape index (κ1) is 13.1. The highest BCUT2D eigenvalue weighted by Crippen LogP contribution is 2.48. The topological polar surface area (TPSA) is 17.8 Å². The smallest absolute Gasteiger partial charge is 0.0948 e.